The predicted octanol–water partition coefficient (Wildman–Crippen LogP) is 3.85. The van der Waals surface area contributed by atoms with Gasteiger partial charge in [-0.1, -0.05) is 23.2 Å². The summed E-state index contributed by atoms with van der Waals surface area (Å²) in [4.78, 5) is 23.5. The fourth-order valence-corrected chi connectivity index (χ4v) is 2.13. The van der Waals surface area contributed by atoms with Crippen molar-refractivity contribution in [3.05, 3.63) is 33.3 Å². The van der Waals surface area contributed by atoms with E-state index in [1.807, 2.05) is 0 Å². The first-order chi connectivity index (χ1) is 8.00. The van der Waals surface area contributed by atoms with Crippen molar-refractivity contribution in [2.75, 3.05) is 0 Å². The SMILES string of the molecule is Cc1c(C(=O)CC(=O)C2CC2)ccc(Cl)c1Cl. The van der Waals surface area contributed by atoms with Crippen LogP contribution in [-0.2, 0) is 4.79 Å². The van der Waals surface area contributed by atoms with E-state index < -0.39 is 0 Å². The van der Waals surface area contributed by atoms with Crippen LogP contribution in [0.4, 0.5) is 0 Å². The number of benzene rings is 1. The summed E-state index contributed by atoms with van der Waals surface area (Å²) in [6.07, 6.45) is 1.82. The number of ketones is 2. The van der Waals surface area contributed by atoms with Gasteiger partial charge in [0.15, 0.2) is 5.78 Å². The maximum absolute atomic E-state index is 11.9. The van der Waals surface area contributed by atoms with Gasteiger partial charge in [-0.3, -0.25) is 9.59 Å². The van der Waals surface area contributed by atoms with Crippen LogP contribution in [0.5, 0.6) is 0 Å². The van der Waals surface area contributed by atoms with Crippen molar-refractivity contribution < 1.29 is 9.59 Å². The monoisotopic (exact) mass is 270 g/mol. The molecule has 2 nitrogen and oxygen atoms in total. The van der Waals surface area contributed by atoms with Gasteiger partial charge in [0, 0.05) is 11.5 Å². The molecule has 1 aliphatic rings. The minimum atomic E-state index is -0.169. The van der Waals surface area contributed by atoms with Crippen LogP contribution < -0.4 is 0 Å². The molecular formula is C13H12Cl2O2. The highest BCUT2D eigenvalue weighted by Crippen LogP contribution is 2.32. The quantitative estimate of drug-likeness (QED) is 0.615. The van der Waals surface area contributed by atoms with Crippen LogP contribution in [0.15, 0.2) is 12.1 Å². The van der Waals surface area contributed by atoms with Crippen LogP contribution in [0.25, 0.3) is 0 Å². The number of carbonyl (C=O) groups is 2. The molecule has 0 bridgehead atoms. The first-order valence-electron chi connectivity index (χ1n) is 5.51. The van der Waals surface area contributed by atoms with Crippen LogP contribution in [0, 0.1) is 12.8 Å². The Morgan fingerprint density at radius 2 is 1.94 bits per heavy atom. The second kappa shape index (κ2) is 4.79. The third-order valence-electron chi connectivity index (χ3n) is 3.01. The highest BCUT2D eigenvalue weighted by Gasteiger charge is 2.31. The van der Waals surface area contributed by atoms with Gasteiger partial charge in [0.2, 0.25) is 0 Å². The summed E-state index contributed by atoms with van der Waals surface area (Å²) in [5.41, 5.74) is 1.14. The summed E-state index contributed by atoms with van der Waals surface area (Å²) in [6.45, 7) is 1.74. The van der Waals surface area contributed by atoms with E-state index in [0.717, 1.165) is 12.8 Å². The average molecular weight is 271 g/mol. The molecule has 0 atom stereocenters. The standard InChI is InChI=1S/C13H12Cl2O2/c1-7-9(4-5-10(14)13(7)15)12(17)6-11(16)8-2-3-8/h4-5,8H,2-3,6H2,1H3. The molecule has 0 spiro atoms. The van der Waals surface area contributed by atoms with Gasteiger partial charge < -0.3 is 0 Å². The molecule has 0 amide bonds. The highest BCUT2D eigenvalue weighted by molar-refractivity contribution is 6.42. The van der Waals surface area contributed by atoms with Crippen molar-refractivity contribution in [3.8, 4) is 0 Å². The molecule has 0 aromatic heterocycles. The van der Waals surface area contributed by atoms with Crippen LogP contribution in [0.2, 0.25) is 10.0 Å². The molecule has 0 unspecified atom stereocenters. The number of rotatable bonds is 4. The molecule has 4 heteroatoms. The van der Waals surface area contributed by atoms with Gasteiger partial charge in [0.05, 0.1) is 16.5 Å². The van der Waals surface area contributed by atoms with E-state index in [9.17, 15) is 9.59 Å². The molecule has 2 rings (SSSR count). The normalized spacial score (nSPS) is 14.8. The molecule has 1 aromatic rings. The van der Waals surface area contributed by atoms with Gasteiger partial charge in [-0.15, -0.1) is 0 Å². The molecule has 17 heavy (non-hydrogen) atoms. The Kier molecular flexibility index (Phi) is 3.55. The molecule has 0 N–H and O–H groups in total. The Bertz CT molecular complexity index is 490. The third kappa shape index (κ3) is 2.70. The molecule has 0 heterocycles. The second-order valence-corrected chi connectivity index (χ2v) is 5.16. The number of halogens is 2. The van der Waals surface area contributed by atoms with Crippen molar-refractivity contribution >= 4 is 34.8 Å². The van der Waals surface area contributed by atoms with Gasteiger partial charge in [0.25, 0.3) is 0 Å². The number of Topliss-reactive ketones (excluding diaryl/α,β-unsaturated/α-hetero) is 2. The van der Waals surface area contributed by atoms with E-state index in [2.05, 4.69) is 0 Å². The van der Waals surface area contributed by atoms with Gasteiger partial charge in [-0.25, -0.2) is 0 Å². The molecule has 1 fully saturated rings. The van der Waals surface area contributed by atoms with E-state index in [1.165, 1.54) is 0 Å². The van der Waals surface area contributed by atoms with Crippen molar-refractivity contribution in [2.24, 2.45) is 5.92 Å². The summed E-state index contributed by atoms with van der Waals surface area (Å²) in [6, 6.07) is 3.22. The molecular weight excluding hydrogens is 259 g/mol. The molecule has 0 radical (unpaired) electrons. The smallest absolute Gasteiger partial charge is 0.170 e. The first kappa shape index (κ1) is 12.6. The van der Waals surface area contributed by atoms with Gasteiger partial charge >= 0.3 is 0 Å². The zero-order valence-electron chi connectivity index (χ0n) is 9.43. The van der Waals surface area contributed by atoms with Gasteiger partial charge in [-0.05, 0) is 37.5 Å². The maximum Gasteiger partial charge on any atom is 0.170 e. The zero-order valence-corrected chi connectivity index (χ0v) is 10.9. The van der Waals surface area contributed by atoms with Crippen molar-refractivity contribution in [3.63, 3.8) is 0 Å². The topological polar surface area (TPSA) is 34.1 Å². The van der Waals surface area contributed by atoms with Crippen LogP contribution in [-0.4, -0.2) is 11.6 Å². The molecule has 1 aromatic carbocycles. The third-order valence-corrected chi connectivity index (χ3v) is 3.91. The summed E-state index contributed by atoms with van der Waals surface area (Å²) in [5.74, 6) is -0.0135. The Morgan fingerprint density at radius 3 is 2.53 bits per heavy atom. The van der Waals surface area contributed by atoms with Crippen molar-refractivity contribution in [1.82, 2.24) is 0 Å². The first-order valence-corrected chi connectivity index (χ1v) is 6.27. The maximum atomic E-state index is 11.9. The van der Waals surface area contributed by atoms with Crippen molar-refractivity contribution in [1.29, 1.82) is 0 Å². The lowest BCUT2D eigenvalue weighted by Crippen LogP contribution is -2.11. The summed E-state index contributed by atoms with van der Waals surface area (Å²) < 4.78 is 0. The fourth-order valence-electron chi connectivity index (χ4n) is 1.76. The fraction of sp³-hybridized carbons (Fsp3) is 0.385. The summed E-state index contributed by atoms with van der Waals surface area (Å²) in [5, 5.41) is 0.811. The lowest BCUT2D eigenvalue weighted by atomic mass is 10.00. The van der Waals surface area contributed by atoms with Crippen LogP contribution >= 0.6 is 23.2 Å². The largest absolute Gasteiger partial charge is 0.299 e. The average Bonchev–Trinajstić information content (AvgIpc) is 3.09. The Labute approximate surface area is 110 Å². The number of carbonyl (C=O) groups excluding carboxylic acids is 2. The highest BCUT2D eigenvalue weighted by atomic mass is 35.5. The van der Waals surface area contributed by atoms with E-state index >= 15 is 0 Å². The molecule has 0 saturated heterocycles. The number of hydrogen-bond acceptors (Lipinski definition) is 2. The van der Waals surface area contributed by atoms with Crippen LogP contribution in [0.3, 0.4) is 0 Å². The lowest BCUT2D eigenvalue weighted by molar-refractivity contribution is -0.119. The molecule has 90 valence electrons. The van der Waals surface area contributed by atoms with Gasteiger partial charge in [-0.2, -0.15) is 0 Å². The Morgan fingerprint density at radius 1 is 1.29 bits per heavy atom. The molecule has 1 saturated carbocycles. The number of hydrogen-bond donors (Lipinski definition) is 0. The second-order valence-electron chi connectivity index (χ2n) is 4.37. The van der Waals surface area contributed by atoms with E-state index in [0.29, 0.717) is 21.2 Å². The summed E-state index contributed by atoms with van der Waals surface area (Å²) >= 11 is 11.8. The lowest BCUT2D eigenvalue weighted by Gasteiger charge is -2.07. The van der Waals surface area contributed by atoms with E-state index in [4.69, 9.17) is 23.2 Å². The van der Waals surface area contributed by atoms with Crippen LogP contribution in [0.1, 0.15) is 35.2 Å². The zero-order chi connectivity index (χ0) is 12.6. The molecule has 1 aliphatic carbocycles. The Hall–Kier alpha value is -0.860. The van der Waals surface area contributed by atoms with Gasteiger partial charge in [0.1, 0.15) is 5.78 Å². The summed E-state index contributed by atoms with van der Waals surface area (Å²) in [7, 11) is 0. The molecule has 0 aliphatic heterocycles. The van der Waals surface area contributed by atoms with Crippen molar-refractivity contribution in [2.45, 2.75) is 26.2 Å². The van der Waals surface area contributed by atoms with E-state index in [1.54, 1.807) is 19.1 Å². The minimum Gasteiger partial charge on any atom is -0.299 e. The predicted molar refractivity (Wildman–Crippen MR) is 67.9 cm³/mol. The Balaban J connectivity index is 2.19. The van der Waals surface area contributed by atoms with E-state index in [-0.39, 0.29) is 23.9 Å². The minimum absolute atomic E-state index is 0.0243.